The molecule has 4 heterocycles. The van der Waals surface area contributed by atoms with Crippen LogP contribution in [0, 0.1) is 11.8 Å². The zero-order valence-corrected chi connectivity index (χ0v) is 18.7. The zero-order chi connectivity index (χ0) is 22.6. The molecule has 12 nitrogen and oxygen atoms in total. The van der Waals surface area contributed by atoms with Crippen LogP contribution in [-0.2, 0) is 14.0 Å². The summed E-state index contributed by atoms with van der Waals surface area (Å²) in [5.41, 5.74) is 0.366. The van der Waals surface area contributed by atoms with Gasteiger partial charge >= 0.3 is 7.60 Å². The van der Waals surface area contributed by atoms with Crippen molar-refractivity contribution in [1.29, 1.82) is 0 Å². The normalized spacial score (nSPS) is 32.8. The van der Waals surface area contributed by atoms with Gasteiger partial charge in [0.15, 0.2) is 11.9 Å². The monoisotopic (exact) mass is 489 g/mol. The van der Waals surface area contributed by atoms with E-state index in [1.807, 2.05) is 0 Å². The zero-order valence-electron chi connectivity index (χ0n) is 17.1. The Bertz CT molecular complexity index is 1040. The third-order valence-corrected chi connectivity index (χ3v) is 7.24. The van der Waals surface area contributed by atoms with Crippen molar-refractivity contribution in [2.24, 2.45) is 11.8 Å². The van der Waals surface area contributed by atoms with Crippen LogP contribution in [0.1, 0.15) is 25.5 Å². The molecule has 1 saturated carbocycles. The Kier molecular flexibility index (Phi) is 5.92. The van der Waals surface area contributed by atoms with Gasteiger partial charge in [0.1, 0.15) is 30.5 Å². The second kappa shape index (κ2) is 8.44. The molecule has 3 aliphatic rings. The number of halogens is 1. The van der Waals surface area contributed by atoms with Gasteiger partial charge in [0.05, 0.1) is 18.2 Å². The Hall–Kier alpha value is -1.37. The van der Waals surface area contributed by atoms with Crippen LogP contribution in [0.15, 0.2) is 6.20 Å². The van der Waals surface area contributed by atoms with Crippen molar-refractivity contribution in [3.63, 3.8) is 0 Å². The SMILES string of the molecule is O=P(O)(O)COC[C@H]1O[C@@H](n2ncc3c(N4CC5CCCC5C4)nc(Cl)nc32)[C@H](O)[C@@H]1O. The summed E-state index contributed by atoms with van der Waals surface area (Å²) in [6.07, 6.45) is -0.306. The summed E-state index contributed by atoms with van der Waals surface area (Å²) in [7, 11) is -4.36. The highest BCUT2D eigenvalue weighted by Crippen LogP contribution is 2.41. The lowest BCUT2D eigenvalue weighted by Crippen LogP contribution is -2.34. The van der Waals surface area contributed by atoms with Gasteiger partial charge in [0.2, 0.25) is 5.28 Å². The number of hydrogen-bond donors (Lipinski definition) is 4. The Morgan fingerprint density at radius 2 is 1.91 bits per heavy atom. The third kappa shape index (κ3) is 4.14. The first kappa shape index (κ1) is 22.4. The third-order valence-electron chi connectivity index (χ3n) is 6.55. The van der Waals surface area contributed by atoms with E-state index in [1.165, 1.54) is 23.9 Å². The summed E-state index contributed by atoms with van der Waals surface area (Å²) in [4.78, 5) is 28.8. The number of aliphatic hydroxyl groups is 2. The fourth-order valence-electron chi connectivity index (χ4n) is 5.08. The molecule has 5 rings (SSSR count). The molecule has 0 bridgehead atoms. The highest BCUT2D eigenvalue weighted by atomic mass is 35.5. The van der Waals surface area contributed by atoms with E-state index in [9.17, 15) is 14.8 Å². The maximum atomic E-state index is 11.0. The van der Waals surface area contributed by atoms with Crippen molar-refractivity contribution in [1.82, 2.24) is 19.7 Å². The lowest BCUT2D eigenvalue weighted by Gasteiger charge is -2.20. The first-order valence-electron chi connectivity index (χ1n) is 10.5. The molecule has 0 amide bonds. The molecular weight excluding hydrogens is 465 g/mol. The summed E-state index contributed by atoms with van der Waals surface area (Å²) in [5, 5.41) is 25.9. The number of aliphatic hydroxyl groups excluding tert-OH is 2. The van der Waals surface area contributed by atoms with E-state index in [0.717, 1.165) is 13.1 Å². The minimum Gasteiger partial charge on any atom is -0.387 e. The molecule has 6 atom stereocenters. The van der Waals surface area contributed by atoms with Gasteiger partial charge in [0.25, 0.3) is 0 Å². The van der Waals surface area contributed by atoms with Crippen molar-refractivity contribution in [3.05, 3.63) is 11.5 Å². The molecule has 2 unspecified atom stereocenters. The molecule has 2 saturated heterocycles. The van der Waals surface area contributed by atoms with Crippen LogP contribution < -0.4 is 4.90 Å². The number of rotatable bonds is 6. The minimum atomic E-state index is -4.36. The van der Waals surface area contributed by atoms with Crippen LogP contribution in [0.25, 0.3) is 11.0 Å². The highest BCUT2D eigenvalue weighted by molar-refractivity contribution is 7.51. The second-order valence-electron chi connectivity index (χ2n) is 8.71. The largest absolute Gasteiger partial charge is 0.387 e. The predicted molar refractivity (Wildman–Crippen MR) is 112 cm³/mol. The molecule has 32 heavy (non-hydrogen) atoms. The van der Waals surface area contributed by atoms with Crippen molar-refractivity contribution in [2.75, 3.05) is 30.9 Å². The lowest BCUT2D eigenvalue weighted by molar-refractivity contribution is -0.0658. The van der Waals surface area contributed by atoms with Crippen molar-refractivity contribution in [2.45, 2.75) is 43.8 Å². The molecular formula is C18H25ClN5O7P. The number of anilines is 1. The molecule has 2 aromatic rings. The average Bonchev–Trinajstić information content (AvgIpc) is 3.46. The Labute approximate surface area is 188 Å². The number of hydrogen-bond acceptors (Lipinski definition) is 9. The van der Waals surface area contributed by atoms with Gasteiger partial charge in [-0.05, 0) is 36.3 Å². The predicted octanol–water partition coefficient (Wildman–Crippen LogP) is 0.487. The summed E-state index contributed by atoms with van der Waals surface area (Å²) in [6, 6.07) is 0. The summed E-state index contributed by atoms with van der Waals surface area (Å²) < 4.78 is 23.0. The van der Waals surface area contributed by atoms with E-state index in [2.05, 4.69) is 20.0 Å². The van der Waals surface area contributed by atoms with E-state index in [1.54, 1.807) is 6.20 Å². The number of nitrogens with zero attached hydrogens (tertiary/aromatic N) is 5. The minimum absolute atomic E-state index is 0.0425. The molecule has 14 heteroatoms. The number of ether oxygens (including phenoxy) is 2. The lowest BCUT2D eigenvalue weighted by atomic mass is 10.0. The van der Waals surface area contributed by atoms with E-state index in [0.29, 0.717) is 28.7 Å². The highest BCUT2D eigenvalue weighted by Gasteiger charge is 2.45. The summed E-state index contributed by atoms with van der Waals surface area (Å²) in [6.45, 7) is 1.49. The fraction of sp³-hybridized carbons (Fsp3) is 0.722. The molecule has 2 aromatic heterocycles. The first-order valence-corrected chi connectivity index (χ1v) is 12.7. The Morgan fingerprint density at radius 1 is 1.19 bits per heavy atom. The standard InChI is InChI=1S/C18H25ClN5O7P/c19-18-21-15(23-5-9-2-1-3-10(9)6-23)11-4-20-24(16(11)22-18)17-14(26)13(25)12(31-17)7-30-8-32(27,28)29/h4,9-10,12-14,17,25-26H,1-3,5-8H2,(H2,27,28,29)/t9?,10?,12-,13-,14-,17-/m1/s1. The molecule has 3 fully saturated rings. The molecule has 2 aliphatic heterocycles. The van der Waals surface area contributed by atoms with E-state index >= 15 is 0 Å². The molecule has 0 radical (unpaired) electrons. The Morgan fingerprint density at radius 3 is 2.59 bits per heavy atom. The molecule has 0 aromatic carbocycles. The van der Waals surface area contributed by atoms with Crippen LogP contribution in [0.4, 0.5) is 5.82 Å². The van der Waals surface area contributed by atoms with Crippen LogP contribution >= 0.6 is 19.2 Å². The first-order chi connectivity index (χ1) is 15.2. The maximum Gasteiger partial charge on any atom is 0.350 e. The van der Waals surface area contributed by atoms with E-state index in [-0.39, 0.29) is 11.9 Å². The van der Waals surface area contributed by atoms with Crippen LogP contribution in [0.3, 0.4) is 0 Å². The molecule has 176 valence electrons. The average molecular weight is 490 g/mol. The second-order valence-corrected chi connectivity index (χ2v) is 10.6. The van der Waals surface area contributed by atoms with Gasteiger partial charge in [-0.15, -0.1) is 0 Å². The molecule has 4 N–H and O–H groups in total. The van der Waals surface area contributed by atoms with Gasteiger partial charge in [-0.1, -0.05) is 6.42 Å². The molecule has 0 spiro atoms. The number of aromatic nitrogens is 4. The topological polar surface area (TPSA) is 163 Å². The number of fused-ring (bicyclic) bond motifs is 2. The smallest absolute Gasteiger partial charge is 0.350 e. The van der Waals surface area contributed by atoms with Gasteiger partial charge in [-0.3, -0.25) is 4.57 Å². The van der Waals surface area contributed by atoms with E-state index < -0.39 is 38.5 Å². The van der Waals surface area contributed by atoms with Crippen LogP contribution in [0.2, 0.25) is 5.28 Å². The van der Waals surface area contributed by atoms with Gasteiger partial charge in [-0.2, -0.15) is 15.1 Å². The van der Waals surface area contributed by atoms with Gasteiger partial charge < -0.3 is 34.4 Å². The van der Waals surface area contributed by atoms with Gasteiger partial charge in [0, 0.05) is 13.1 Å². The maximum absolute atomic E-state index is 11.0. The van der Waals surface area contributed by atoms with E-state index in [4.69, 9.17) is 30.9 Å². The summed E-state index contributed by atoms with van der Waals surface area (Å²) in [5.74, 6) is 1.99. The van der Waals surface area contributed by atoms with Crippen molar-refractivity contribution >= 4 is 36.0 Å². The quantitative estimate of drug-likeness (QED) is 0.329. The fourth-order valence-corrected chi connectivity index (χ4v) is 5.58. The Balaban J connectivity index is 1.39. The van der Waals surface area contributed by atoms with Crippen LogP contribution in [-0.4, -0.2) is 84.1 Å². The van der Waals surface area contributed by atoms with Gasteiger partial charge in [-0.25, -0.2) is 4.68 Å². The van der Waals surface area contributed by atoms with Crippen molar-refractivity contribution in [3.8, 4) is 0 Å². The molecule has 1 aliphatic carbocycles. The van der Waals surface area contributed by atoms with Crippen molar-refractivity contribution < 1.29 is 34.0 Å². The summed E-state index contributed by atoms with van der Waals surface area (Å²) >= 11 is 6.23. The van der Waals surface area contributed by atoms with Crippen LogP contribution in [0.5, 0.6) is 0 Å².